The van der Waals surface area contributed by atoms with Crippen molar-refractivity contribution in [1.29, 1.82) is 0 Å². The Bertz CT molecular complexity index is 320. The Morgan fingerprint density at radius 1 is 1.44 bits per heavy atom. The smallest absolute Gasteiger partial charge is 0.0779 e. The molecule has 0 aromatic heterocycles. The number of ether oxygens (including phenoxy) is 1. The van der Waals surface area contributed by atoms with Gasteiger partial charge in [-0.3, -0.25) is 11.3 Å². The summed E-state index contributed by atoms with van der Waals surface area (Å²) in [4.78, 5) is 0. The number of rotatable bonds is 6. The van der Waals surface area contributed by atoms with E-state index in [9.17, 15) is 0 Å². The van der Waals surface area contributed by atoms with E-state index >= 15 is 0 Å². The van der Waals surface area contributed by atoms with Crippen molar-refractivity contribution in [2.75, 3.05) is 7.11 Å². The van der Waals surface area contributed by atoms with Gasteiger partial charge in [-0.15, -0.1) is 0 Å². The maximum Gasteiger partial charge on any atom is 0.0779 e. The lowest BCUT2D eigenvalue weighted by atomic mass is 9.98. The molecule has 16 heavy (non-hydrogen) atoms. The zero-order valence-electron chi connectivity index (χ0n) is 9.74. The highest BCUT2D eigenvalue weighted by Gasteiger charge is 2.22. The molecule has 0 saturated carbocycles. The van der Waals surface area contributed by atoms with E-state index in [-0.39, 0.29) is 12.1 Å². The van der Waals surface area contributed by atoms with Gasteiger partial charge in [0.2, 0.25) is 0 Å². The van der Waals surface area contributed by atoms with Gasteiger partial charge in [0, 0.05) is 12.1 Å². The van der Waals surface area contributed by atoms with Crippen LogP contribution in [0.4, 0.5) is 0 Å². The van der Waals surface area contributed by atoms with E-state index in [1.165, 1.54) is 0 Å². The Balaban J connectivity index is 2.92. The molecule has 0 spiro atoms. The fourth-order valence-corrected chi connectivity index (χ4v) is 2.08. The number of nitrogens with two attached hydrogens (primary N) is 1. The molecule has 90 valence electrons. The molecule has 1 aromatic rings. The van der Waals surface area contributed by atoms with Gasteiger partial charge >= 0.3 is 0 Å². The van der Waals surface area contributed by atoms with E-state index < -0.39 is 0 Å². The van der Waals surface area contributed by atoms with Crippen molar-refractivity contribution in [1.82, 2.24) is 5.43 Å². The molecule has 2 unspecified atom stereocenters. The number of methoxy groups -OCH3 is 1. The van der Waals surface area contributed by atoms with Crippen LogP contribution in [-0.2, 0) is 4.74 Å². The summed E-state index contributed by atoms with van der Waals surface area (Å²) in [6.07, 6.45) is 2.02. The van der Waals surface area contributed by atoms with Gasteiger partial charge in [0.05, 0.1) is 12.1 Å². The Hall–Kier alpha value is -0.610. The van der Waals surface area contributed by atoms with Crippen LogP contribution in [-0.4, -0.2) is 13.2 Å². The highest BCUT2D eigenvalue weighted by atomic mass is 35.5. The standard InChI is InChI=1S/C12H19ClN2O/c1-3-6-11(16-2)12(15-14)9-7-4-5-8-10(9)13/h4-5,7-8,11-12,15H,3,6,14H2,1-2H3. The number of nitrogens with one attached hydrogen (secondary N) is 1. The summed E-state index contributed by atoms with van der Waals surface area (Å²) < 4.78 is 5.45. The number of hydrogen-bond acceptors (Lipinski definition) is 3. The first-order chi connectivity index (χ1) is 7.74. The van der Waals surface area contributed by atoms with E-state index in [4.69, 9.17) is 22.2 Å². The molecule has 1 aromatic carbocycles. The fourth-order valence-electron chi connectivity index (χ4n) is 1.83. The van der Waals surface area contributed by atoms with Crippen LogP contribution in [0, 0.1) is 0 Å². The van der Waals surface area contributed by atoms with Crippen molar-refractivity contribution in [3.8, 4) is 0 Å². The van der Waals surface area contributed by atoms with Crippen LogP contribution in [0.2, 0.25) is 5.02 Å². The average molecular weight is 243 g/mol. The molecule has 4 heteroatoms. The second-order valence-corrected chi connectivity index (χ2v) is 4.14. The third kappa shape index (κ3) is 3.19. The van der Waals surface area contributed by atoms with Crippen molar-refractivity contribution < 1.29 is 4.74 Å². The lowest BCUT2D eigenvalue weighted by Crippen LogP contribution is -2.37. The van der Waals surface area contributed by atoms with Crippen LogP contribution in [0.15, 0.2) is 24.3 Å². The summed E-state index contributed by atoms with van der Waals surface area (Å²) in [6.45, 7) is 2.12. The Kier molecular flexibility index (Phi) is 5.77. The molecule has 3 N–H and O–H groups in total. The molecule has 0 heterocycles. The summed E-state index contributed by atoms with van der Waals surface area (Å²) in [6, 6.07) is 7.61. The molecule has 2 atom stereocenters. The quantitative estimate of drug-likeness (QED) is 0.596. The van der Waals surface area contributed by atoms with Crippen LogP contribution in [0.1, 0.15) is 31.4 Å². The predicted molar refractivity (Wildman–Crippen MR) is 67.2 cm³/mol. The van der Waals surface area contributed by atoms with E-state index in [1.807, 2.05) is 24.3 Å². The van der Waals surface area contributed by atoms with Gasteiger partial charge < -0.3 is 4.74 Å². The summed E-state index contributed by atoms with van der Waals surface area (Å²) in [5, 5.41) is 0.712. The molecule has 0 bridgehead atoms. The van der Waals surface area contributed by atoms with Crippen molar-refractivity contribution in [3.05, 3.63) is 34.9 Å². The first-order valence-electron chi connectivity index (χ1n) is 5.47. The minimum Gasteiger partial charge on any atom is -0.379 e. The van der Waals surface area contributed by atoms with Crippen LogP contribution in [0.3, 0.4) is 0 Å². The monoisotopic (exact) mass is 242 g/mol. The van der Waals surface area contributed by atoms with Crippen LogP contribution in [0.5, 0.6) is 0 Å². The Morgan fingerprint density at radius 2 is 2.12 bits per heavy atom. The largest absolute Gasteiger partial charge is 0.379 e. The molecule has 3 nitrogen and oxygen atoms in total. The molecule has 0 fully saturated rings. The van der Waals surface area contributed by atoms with Gasteiger partial charge in [0.1, 0.15) is 0 Å². The highest BCUT2D eigenvalue weighted by Crippen LogP contribution is 2.27. The number of halogens is 1. The van der Waals surface area contributed by atoms with Crippen LogP contribution < -0.4 is 11.3 Å². The molecular formula is C12H19ClN2O. The molecule has 0 radical (unpaired) electrons. The molecule has 0 aliphatic carbocycles. The van der Waals surface area contributed by atoms with Gasteiger partial charge in [0.15, 0.2) is 0 Å². The second kappa shape index (κ2) is 6.86. The van der Waals surface area contributed by atoms with Crippen molar-refractivity contribution in [3.63, 3.8) is 0 Å². The highest BCUT2D eigenvalue weighted by molar-refractivity contribution is 6.31. The SMILES string of the molecule is CCCC(OC)C(NN)c1ccccc1Cl. The fraction of sp³-hybridized carbons (Fsp3) is 0.500. The lowest BCUT2D eigenvalue weighted by Gasteiger charge is -2.26. The average Bonchev–Trinajstić information content (AvgIpc) is 2.31. The van der Waals surface area contributed by atoms with Gasteiger partial charge in [-0.25, -0.2) is 0 Å². The van der Waals surface area contributed by atoms with E-state index in [1.54, 1.807) is 7.11 Å². The summed E-state index contributed by atoms with van der Waals surface area (Å²) in [5.41, 5.74) is 3.76. The summed E-state index contributed by atoms with van der Waals surface area (Å²) in [5.74, 6) is 5.59. The van der Waals surface area contributed by atoms with E-state index in [0.717, 1.165) is 18.4 Å². The molecule has 0 aliphatic heterocycles. The summed E-state index contributed by atoms with van der Waals surface area (Å²) >= 11 is 6.15. The zero-order valence-corrected chi connectivity index (χ0v) is 10.5. The van der Waals surface area contributed by atoms with Crippen molar-refractivity contribution in [2.45, 2.75) is 31.9 Å². The Labute approximate surface area is 102 Å². The van der Waals surface area contributed by atoms with E-state index in [2.05, 4.69) is 12.3 Å². The van der Waals surface area contributed by atoms with Gasteiger partial charge in [-0.05, 0) is 18.1 Å². The molecule has 1 rings (SSSR count). The van der Waals surface area contributed by atoms with Gasteiger partial charge in [-0.2, -0.15) is 0 Å². The number of benzene rings is 1. The predicted octanol–water partition coefficient (Wildman–Crippen LogP) is 2.66. The minimum atomic E-state index is -0.0707. The second-order valence-electron chi connectivity index (χ2n) is 3.73. The maximum absolute atomic E-state index is 6.15. The van der Waals surface area contributed by atoms with Gasteiger partial charge in [-0.1, -0.05) is 43.1 Å². The van der Waals surface area contributed by atoms with Gasteiger partial charge in [0.25, 0.3) is 0 Å². The van der Waals surface area contributed by atoms with Crippen LogP contribution >= 0.6 is 11.6 Å². The third-order valence-electron chi connectivity index (χ3n) is 2.67. The summed E-state index contributed by atoms with van der Waals surface area (Å²) in [7, 11) is 1.70. The molecular weight excluding hydrogens is 224 g/mol. The first-order valence-corrected chi connectivity index (χ1v) is 5.85. The Morgan fingerprint density at radius 3 is 2.62 bits per heavy atom. The first kappa shape index (κ1) is 13.5. The topological polar surface area (TPSA) is 47.3 Å². The van der Waals surface area contributed by atoms with Crippen molar-refractivity contribution in [2.24, 2.45) is 5.84 Å². The normalized spacial score (nSPS) is 14.8. The minimum absolute atomic E-state index is 0.0369. The molecule has 0 aliphatic rings. The third-order valence-corrected chi connectivity index (χ3v) is 3.01. The number of hydrogen-bond donors (Lipinski definition) is 2. The lowest BCUT2D eigenvalue weighted by molar-refractivity contribution is 0.0606. The van der Waals surface area contributed by atoms with E-state index in [0.29, 0.717) is 5.02 Å². The molecule has 0 saturated heterocycles. The zero-order chi connectivity index (χ0) is 12.0. The number of hydrazine groups is 1. The van der Waals surface area contributed by atoms with Crippen molar-refractivity contribution >= 4 is 11.6 Å². The van der Waals surface area contributed by atoms with Crippen LogP contribution in [0.25, 0.3) is 0 Å². The maximum atomic E-state index is 6.15. The molecule has 0 amide bonds.